The molecule has 0 radical (unpaired) electrons. The van der Waals surface area contributed by atoms with Gasteiger partial charge in [-0.25, -0.2) is 4.98 Å². The number of anilines is 1. The first-order valence-electron chi connectivity index (χ1n) is 7.77. The second-order valence-corrected chi connectivity index (χ2v) is 5.68. The fourth-order valence-corrected chi connectivity index (χ4v) is 2.79. The molecule has 4 rings (SSSR count). The molecule has 0 bridgehead atoms. The average Bonchev–Trinajstić information content (AvgIpc) is 3.18. The highest BCUT2D eigenvalue weighted by Crippen LogP contribution is 2.27. The summed E-state index contributed by atoms with van der Waals surface area (Å²) < 4.78 is 5.25. The molecule has 2 N–H and O–H groups in total. The van der Waals surface area contributed by atoms with Gasteiger partial charge < -0.3 is 14.8 Å². The van der Waals surface area contributed by atoms with Crippen LogP contribution in [0.2, 0.25) is 0 Å². The monoisotopic (exact) mass is 333 g/mol. The Morgan fingerprint density at radius 3 is 2.76 bits per heavy atom. The van der Waals surface area contributed by atoms with Gasteiger partial charge in [0.15, 0.2) is 0 Å². The molecule has 4 aromatic rings. The van der Waals surface area contributed by atoms with E-state index in [1.165, 1.54) is 0 Å². The van der Waals surface area contributed by atoms with Gasteiger partial charge in [-0.05, 0) is 38.1 Å². The minimum atomic E-state index is -0.293. The summed E-state index contributed by atoms with van der Waals surface area (Å²) in [6, 6.07) is 9.16. The lowest BCUT2D eigenvalue weighted by Crippen LogP contribution is -2.13. The van der Waals surface area contributed by atoms with Crippen LogP contribution in [-0.2, 0) is 0 Å². The molecule has 0 saturated heterocycles. The molecule has 0 atom stereocenters. The number of aromatic nitrogens is 4. The van der Waals surface area contributed by atoms with Crippen molar-refractivity contribution in [3.63, 3.8) is 0 Å². The van der Waals surface area contributed by atoms with Crippen molar-refractivity contribution in [1.82, 2.24) is 20.1 Å². The van der Waals surface area contributed by atoms with E-state index in [4.69, 9.17) is 4.52 Å². The number of H-pyrrole nitrogens is 1. The van der Waals surface area contributed by atoms with E-state index in [0.717, 1.165) is 16.9 Å². The molecule has 0 unspecified atom stereocenters. The van der Waals surface area contributed by atoms with Gasteiger partial charge in [0.1, 0.15) is 28.4 Å². The number of nitrogens with zero attached hydrogens (tertiary/aromatic N) is 3. The van der Waals surface area contributed by atoms with Gasteiger partial charge in [-0.1, -0.05) is 11.2 Å². The summed E-state index contributed by atoms with van der Waals surface area (Å²) in [5.74, 6) is 0.948. The van der Waals surface area contributed by atoms with Crippen LogP contribution in [0.15, 0.2) is 47.2 Å². The van der Waals surface area contributed by atoms with Crippen molar-refractivity contribution >= 4 is 22.6 Å². The number of fused-ring (bicyclic) bond motifs is 1. The third-order valence-electron chi connectivity index (χ3n) is 3.92. The average molecular weight is 333 g/mol. The van der Waals surface area contributed by atoms with Crippen LogP contribution in [0.5, 0.6) is 0 Å². The number of carbonyl (C=O) groups is 1. The number of nitrogens with one attached hydrogen (secondary N) is 2. The first-order valence-corrected chi connectivity index (χ1v) is 7.77. The fourth-order valence-electron chi connectivity index (χ4n) is 2.79. The summed E-state index contributed by atoms with van der Waals surface area (Å²) in [6.07, 6.45) is 3.29. The van der Waals surface area contributed by atoms with Crippen molar-refractivity contribution < 1.29 is 9.32 Å². The van der Waals surface area contributed by atoms with E-state index in [1.807, 2.05) is 25.1 Å². The maximum absolute atomic E-state index is 12.9. The zero-order chi connectivity index (χ0) is 17.4. The number of para-hydroxylation sites is 1. The van der Waals surface area contributed by atoms with E-state index in [-0.39, 0.29) is 5.91 Å². The molecule has 124 valence electrons. The summed E-state index contributed by atoms with van der Waals surface area (Å²) in [5.41, 5.74) is 3.87. The van der Waals surface area contributed by atoms with Gasteiger partial charge in [0.05, 0.1) is 11.2 Å². The van der Waals surface area contributed by atoms with Gasteiger partial charge in [-0.15, -0.1) is 0 Å². The highest BCUT2D eigenvalue weighted by Gasteiger charge is 2.22. The van der Waals surface area contributed by atoms with Gasteiger partial charge in [-0.2, -0.15) is 0 Å². The topological polar surface area (TPSA) is 96.7 Å². The van der Waals surface area contributed by atoms with E-state index in [2.05, 4.69) is 25.4 Å². The fraction of sp³-hybridized carbons (Fsp3) is 0.111. The predicted octanol–water partition coefficient (Wildman–Crippen LogP) is 3.48. The van der Waals surface area contributed by atoms with E-state index in [0.29, 0.717) is 28.2 Å². The summed E-state index contributed by atoms with van der Waals surface area (Å²) in [4.78, 5) is 24.4. The number of rotatable bonds is 3. The van der Waals surface area contributed by atoms with E-state index < -0.39 is 0 Å². The molecule has 1 amide bonds. The first kappa shape index (κ1) is 15.1. The molecule has 25 heavy (non-hydrogen) atoms. The Morgan fingerprint density at radius 1 is 1.16 bits per heavy atom. The smallest absolute Gasteiger partial charge is 0.261 e. The number of pyridine rings is 1. The molecule has 7 heteroatoms. The molecule has 0 aliphatic carbocycles. The summed E-state index contributed by atoms with van der Waals surface area (Å²) in [6.45, 7) is 3.59. The van der Waals surface area contributed by atoms with Crippen molar-refractivity contribution in [2.75, 3.05) is 5.32 Å². The van der Waals surface area contributed by atoms with Crippen LogP contribution >= 0.6 is 0 Å². The van der Waals surface area contributed by atoms with Gasteiger partial charge in [0.2, 0.25) is 0 Å². The zero-order valence-electron chi connectivity index (χ0n) is 13.7. The van der Waals surface area contributed by atoms with Crippen molar-refractivity contribution in [2.45, 2.75) is 13.8 Å². The van der Waals surface area contributed by atoms with Gasteiger partial charge in [0.25, 0.3) is 5.91 Å². The molecule has 0 spiro atoms. The lowest BCUT2D eigenvalue weighted by Gasteiger charge is -2.06. The van der Waals surface area contributed by atoms with E-state index >= 15 is 0 Å². The molecule has 0 fully saturated rings. The highest BCUT2D eigenvalue weighted by atomic mass is 16.5. The number of hydrogen-bond donors (Lipinski definition) is 2. The largest absolute Gasteiger partial charge is 0.360 e. The lowest BCUT2D eigenvalue weighted by molar-refractivity contribution is 0.102. The summed E-state index contributed by atoms with van der Waals surface area (Å²) >= 11 is 0. The van der Waals surface area contributed by atoms with Crippen LogP contribution in [0.4, 0.5) is 5.69 Å². The third-order valence-corrected chi connectivity index (χ3v) is 3.92. The number of aryl methyl sites for hydroxylation is 2. The van der Waals surface area contributed by atoms with E-state index in [1.54, 1.807) is 31.5 Å². The molecular weight excluding hydrogens is 318 g/mol. The SMILES string of the molecule is Cc1nc2c(NC(=O)c3c(-c4ccncc4)noc3C)cccc2[nH]1. The van der Waals surface area contributed by atoms with Crippen molar-refractivity contribution in [3.05, 3.63) is 59.9 Å². The second kappa shape index (κ2) is 5.86. The van der Waals surface area contributed by atoms with Crippen LogP contribution in [0.25, 0.3) is 22.3 Å². The van der Waals surface area contributed by atoms with Crippen LogP contribution in [0.3, 0.4) is 0 Å². The number of amides is 1. The molecule has 3 heterocycles. The molecular formula is C18H15N5O2. The summed E-state index contributed by atoms with van der Waals surface area (Å²) in [7, 11) is 0. The normalized spacial score (nSPS) is 11.0. The highest BCUT2D eigenvalue weighted by molar-refractivity contribution is 6.11. The minimum absolute atomic E-state index is 0.293. The van der Waals surface area contributed by atoms with Gasteiger partial charge >= 0.3 is 0 Å². The minimum Gasteiger partial charge on any atom is -0.360 e. The van der Waals surface area contributed by atoms with Crippen LogP contribution in [0, 0.1) is 13.8 Å². The first-order chi connectivity index (χ1) is 12.1. The number of aromatic amines is 1. The predicted molar refractivity (Wildman–Crippen MR) is 93.3 cm³/mol. The molecule has 0 saturated carbocycles. The van der Waals surface area contributed by atoms with Gasteiger partial charge in [-0.3, -0.25) is 9.78 Å². The maximum atomic E-state index is 12.9. The van der Waals surface area contributed by atoms with Gasteiger partial charge in [0, 0.05) is 18.0 Å². The number of carbonyl (C=O) groups excluding carboxylic acids is 1. The molecule has 1 aromatic carbocycles. The quantitative estimate of drug-likeness (QED) is 0.598. The Hall–Kier alpha value is -3.48. The van der Waals surface area contributed by atoms with E-state index in [9.17, 15) is 4.79 Å². The number of imidazole rings is 1. The van der Waals surface area contributed by atoms with Crippen molar-refractivity contribution in [2.24, 2.45) is 0 Å². The third kappa shape index (κ3) is 2.65. The van der Waals surface area contributed by atoms with Crippen molar-refractivity contribution in [3.8, 4) is 11.3 Å². The second-order valence-electron chi connectivity index (χ2n) is 5.68. The lowest BCUT2D eigenvalue weighted by atomic mass is 10.1. The summed E-state index contributed by atoms with van der Waals surface area (Å²) in [5, 5.41) is 6.94. The number of hydrogen-bond acceptors (Lipinski definition) is 5. The Kier molecular flexibility index (Phi) is 3.53. The Labute approximate surface area is 143 Å². The Balaban J connectivity index is 1.74. The molecule has 7 nitrogen and oxygen atoms in total. The van der Waals surface area contributed by atoms with Crippen molar-refractivity contribution in [1.29, 1.82) is 0 Å². The Bertz CT molecular complexity index is 1070. The molecule has 0 aliphatic rings. The van der Waals surface area contributed by atoms with Crippen LogP contribution in [-0.4, -0.2) is 26.0 Å². The number of benzene rings is 1. The van der Waals surface area contributed by atoms with Crippen LogP contribution < -0.4 is 5.32 Å². The maximum Gasteiger partial charge on any atom is 0.261 e. The zero-order valence-corrected chi connectivity index (χ0v) is 13.7. The Morgan fingerprint density at radius 2 is 1.96 bits per heavy atom. The molecule has 0 aliphatic heterocycles. The molecule has 3 aromatic heterocycles. The van der Waals surface area contributed by atoms with Crippen LogP contribution in [0.1, 0.15) is 21.9 Å². The standard InChI is InChI=1S/C18H15N5O2/c1-10-15(16(23-25-10)12-6-8-19-9-7-12)18(24)22-14-5-3-4-13-17(14)21-11(2)20-13/h3-9H,1-2H3,(H,20,21)(H,22,24).